The minimum atomic E-state index is 0.0659. The highest BCUT2D eigenvalue weighted by Crippen LogP contribution is 2.36. The molecule has 0 bridgehead atoms. The van der Waals surface area contributed by atoms with E-state index in [0.717, 1.165) is 18.0 Å². The lowest BCUT2D eigenvalue weighted by atomic mass is 10.1. The summed E-state index contributed by atoms with van der Waals surface area (Å²) in [4.78, 5) is 5.73. The minimum Gasteiger partial charge on any atom is -0.495 e. The van der Waals surface area contributed by atoms with Gasteiger partial charge in [-0.15, -0.1) is 11.3 Å². The number of aryl methyl sites for hydroxylation is 1. The van der Waals surface area contributed by atoms with Crippen LogP contribution in [0.5, 0.6) is 5.75 Å². The molecule has 2 aromatic rings. The largest absolute Gasteiger partial charge is 0.495 e. The number of thiophene rings is 1. The molecular formula is C14H17BrN2OS. The van der Waals surface area contributed by atoms with E-state index in [-0.39, 0.29) is 6.04 Å². The first-order valence-corrected chi connectivity index (χ1v) is 7.76. The maximum absolute atomic E-state index is 5.42. The Hall–Kier alpha value is -0.910. The summed E-state index contributed by atoms with van der Waals surface area (Å²) in [7, 11) is 1.68. The molecular weight excluding hydrogens is 324 g/mol. The van der Waals surface area contributed by atoms with Crippen molar-refractivity contribution in [3.63, 3.8) is 0 Å². The number of rotatable bonds is 5. The second-order valence-corrected chi connectivity index (χ2v) is 6.59. The molecule has 5 heteroatoms. The molecule has 0 aliphatic rings. The van der Waals surface area contributed by atoms with E-state index in [1.54, 1.807) is 24.6 Å². The minimum absolute atomic E-state index is 0.0659. The zero-order valence-corrected chi connectivity index (χ0v) is 13.6. The van der Waals surface area contributed by atoms with Crippen molar-refractivity contribution in [3.8, 4) is 5.75 Å². The summed E-state index contributed by atoms with van der Waals surface area (Å²) in [5.74, 6) is 0.815. The van der Waals surface area contributed by atoms with Gasteiger partial charge in [0, 0.05) is 11.1 Å². The number of ether oxygens (including phenoxy) is 1. The van der Waals surface area contributed by atoms with Crippen LogP contribution in [0.4, 0.5) is 0 Å². The molecule has 0 fully saturated rings. The van der Waals surface area contributed by atoms with Gasteiger partial charge in [0.15, 0.2) is 0 Å². The fourth-order valence-corrected chi connectivity index (χ4v) is 3.60. The Kier molecular flexibility index (Phi) is 4.96. The van der Waals surface area contributed by atoms with Crippen LogP contribution in [-0.4, -0.2) is 18.6 Å². The van der Waals surface area contributed by atoms with Gasteiger partial charge in [-0.1, -0.05) is 6.92 Å². The first-order chi connectivity index (χ1) is 9.17. The van der Waals surface area contributed by atoms with Gasteiger partial charge in [-0.05, 0) is 53.2 Å². The topological polar surface area (TPSA) is 34.2 Å². The van der Waals surface area contributed by atoms with Gasteiger partial charge >= 0.3 is 0 Å². The molecule has 3 nitrogen and oxygen atoms in total. The van der Waals surface area contributed by atoms with Gasteiger partial charge < -0.3 is 10.1 Å². The zero-order valence-electron chi connectivity index (χ0n) is 11.2. The van der Waals surface area contributed by atoms with E-state index in [9.17, 15) is 0 Å². The number of pyridine rings is 1. The maximum atomic E-state index is 5.42. The van der Waals surface area contributed by atoms with Crippen LogP contribution >= 0.6 is 27.3 Å². The monoisotopic (exact) mass is 340 g/mol. The van der Waals surface area contributed by atoms with Gasteiger partial charge in [-0.2, -0.15) is 0 Å². The van der Waals surface area contributed by atoms with E-state index in [2.05, 4.69) is 46.1 Å². The standard InChI is InChI=1S/C14H17BrN2OS/c1-4-16-13(11-8-9(2)14(15)19-11)12-10(18-3)6-5-7-17-12/h5-8,13,16H,4H2,1-3H3. The van der Waals surface area contributed by atoms with Gasteiger partial charge in [0.25, 0.3) is 0 Å². The summed E-state index contributed by atoms with van der Waals surface area (Å²) in [6.07, 6.45) is 1.80. The average molecular weight is 341 g/mol. The van der Waals surface area contributed by atoms with E-state index in [4.69, 9.17) is 4.74 Å². The summed E-state index contributed by atoms with van der Waals surface area (Å²) in [6, 6.07) is 6.09. The van der Waals surface area contributed by atoms with Crippen LogP contribution in [0.3, 0.4) is 0 Å². The van der Waals surface area contributed by atoms with Gasteiger partial charge in [0.2, 0.25) is 0 Å². The zero-order chi connectivity index (χ0) is 13.8. The third-order valence-corrected chi connectivity index (χ3v) is 5.06. The molecule has 0 saturated heterocycles. The Morgan fingerprint density at radius 3 is 2.89 bits per heavy atom. The summed E-state index contributed by atoms with van der Waals surface area (Å²) in [6.45, 7) is 5.07. The molecule has 0 spiro atoms. The molecule has 0 saturated carbocycles. The number of methoxy groups -OCH3 is 1. The van der Waals surface area contributed by atoms with Crippen molar-refractivity contribution < 1.29 is 4.74 Å². The molecule has 2 rings (SSSR count). The lowest BCUT2D eigenvalue weighted by Gasteiger charge is -2.18. The number of halogens is 1. The highest BCUT2D eigenvalue weighted by atomic mass is 79.9. The Morgan fingerprint density at radius 1 is 1.53 bits per heavy atom. The van der Waals surface area contributed by atoms with Crippen molar-refractivity contribution in [2.24, 2.45) is 0 Å². The first kappa shape index (κ1) is 14.5. The number of aromatic nitrogens is 1. The average Bonchev–Trinajstić information content (AvgIpc) is 2.76. The van der Waals surface area contributed by atoms with Crippen LogP contribution in [0.25, 0.3) is 0 Å². The molecule has 2 heterocycles. The van der Waals surface area contributed by atoms with E-state index in [0.29, 0.717) is 0 Å². The Balaban J connectivity index is 2.44. The molecule has 1 atom stereocenters. The van der Waals surface area contributed by atoms with Crippen molar-refractivity contribution in [3.05, 3.63) is 44.3 Å². The fourth-order valence-electron chi connectivity index (χ4n) is 1.95. The highest BCUT2D eigenvalue weighted by Gasteiger charge is 2.21. The molecule has 1 unspecified atom stereocenters. The molecule has 102 valence electrons. The lowest BCUT2D eigenvalue weighted by molar-refractivity contribution is 0.401. The van der Waals surface area contributed by atoms with Gasteiger partial charge in [0.1, 0.15) is 11.4 Å². The Morgan fingerprint density at radius 2 is 2.32 bits per heavy atom. The summed E-state index contributed by atoms with van der Waals surface area (Å²) in [5, 5.41) is 3.48. The van der Waals surface area contributed by atoms with Crippen LogP contribution in [0.1, 0.15) is 29.1 Å². The SMILES string of the molecule is CCNC(c1cc(C)c(Br)s1)c1ncccc1OC. The smallest absolute Gasteiger partial charge is 0.142 e. The van der Waals surface area contributed by atoms with Crippen LogP contribution in [-0.2, 0) is 0 Å². The second kappa shape index (κ2) is 6.50. The van der Waals surface area contributed by atoms with Crippen LogP contribution in [0, 0.1) is 6.92 Å². The van der Waals surface area contributed by atoms with E-state index < -0.39 is 0 Å². The normalized spacial score (nSPS) is 12.4. The quantitative estimate of drug-likeness (QED) is 0.895. The van der Waals surface area contributed by atoms with Crippen LogP contribution < -0.4 is 10.1 Å². The van der Waals surface area contributed by atoms with Crippen molar-refractivity contribution in [2.45, 2.75) is 19.9 Å². The molecule has 0 aliphatic carbocycles. The van der Waals surface area contributed by atoms with E-state index >= 15 is 0 Å². The molecule has 1 N–H and O–H groups in total. The Bertz CT molecular complexity index is 537. The molecule has 19 heavy (non-hydrogen) atoms. The first-order valence-electron chi connectivity index (χ1n) is 6.15. The number of nitrogens with one attached hydrogen (secondary N) is 1. The molecule has 2 aromatic heterocycles. The molecule has 0 aliphatic heterocycles. The fraction of sp³-hybridized carbons (Fsp3) is 0.357. The summed E-state index contributed by atoms with van der Waals surface area (Å²) in [5.41, 5.74) is 2.18. The van der Waals surface area contributed by atoms with Crippen LogP contribution in [0.15, 0.2) is 28.2 Å². The second-order valence-electron chi connectivity index (χ2n) is 4.19. The van der Waals surface area contributed by atoms with Gasteiger partial charge in [-0.25, -0.2) is 0 Å². The highest BCUT2D eigenvalue weighted by molar-refractivity contribution is 9.11. The third-order valence-electron chi connectivity index (χ3n) is 2.86. The van der Waals surface area contributed by atoms with Gasteiger partial charge in [-0.3, -0.25) is 4.98 Å². The van der Waals surface area contributed by atoms with E-state index in [1.807, 2.05) is 12.1 Å². The van der Waals surface area contributed by atoms with Crippen molar-refractivity contribution in [2.75, 3.05) is 13.7 Å². The number of hydrogen-bond acceptors (Lipinski definition) is 4. The maximum Gasteiger partial charge on any atom is 0.142 e. The number of nitrogens with zero attached hydrogens (tertiary/aromatic N) is 1. The molecule has 0 radical (unpaired) electrons. The van der Waals surface area contributed by atoms with Crippen molar-refractivity contribution >= 4 is 27.3 Å². The molecule has 0 amide bonds. The number of hydrogen-bond donors (Lipinski definition) is 1. The summed E-state index contributed by atoms with van der Waals surface area (Å²) >= 11 is 5.32. The van der Waals surface area contributed by atoms with Crippen molar-refractivity contribution in [1.29, 1.82) is 0 Å². The third kappa shape index (κ3) is 3.16. The summed E-state index contributed by atoms with van der Waals surface area (Å²) < 4.78 is 6.59. The van der Waals surface area contributed by atoms with Crippen molar-refractivity contribution in [1.82, 2.24) is 10.3 Å². The Labute approximate surface area is 126 Å². The predicted molar refractivity (Wildman–Crippen MR) is 83.1 cm³/mol. The predicted octanol–water partition coefficient (Wildman–Crippen LogP) is 3.92. The van der Waals surface area contributed by atoms with Crippen LogP contribution in [0.2, 0.25) is 0 Å². The molecule has 0 aromatic carbocycles. The van der Waals surface area contributed by atoms with E-state index in [1.165, 1.54) is 14.2 Å². The van der Waals surface area contributed by atoms with Gasteiger partial charge in [0.05, 0.1) is 16.9 Å². The lowest BCUT2D eigenvalue weighted by Crippen LogP contribution is -2.22.